The molecule has 0 nitrogen and oxygen atoms in total. The Hall–Kier alpha value is -0.303. The third-order valence-corrected chi connectivity index (χ3v) is 15.0. The third kappa shape index (κ3) is 2.31. The Labute approximate surface area is 132 Å². The summed E-state index contributed by atoms with van der Waals surface area (Å²) in [6.07, 6.45) is 28.9. The zero-order chi connectivity index (χ0) is 14.1. The van der Waals surface area contributed by atoms with Crippen molar-refractivity contribution in [1.29, 1.82) is 0 Å². The van der Waals surface area contributed by atoms with Crippen LogP contribution in [0.1, 0.15) is 77.0 Å². The standard InChI is InChI=1S/C20H32Si/c1-2-10-17(9-1)21(18-11-3-4-12-18,19-13-5-6-14-19)20-15-7-8-16-20/h1-2,9-10,17-20H,3-8,11-16H2. The Balaban J connectivity index is 1.75. The Morgan fingerprint density at radius 2 is 0.857 bits per heavy atom. The van der Waals surface area contributed by atoms with E-state index in [0.717, 1.165) is 5.54 Å². The average Bonchev–Trinajstić information content (AvgIpc) is 3.32. The first-order valence-corrected chi connectivity index (χ1v) is 12.1. The monoisotopic (exact) mass is 300 g/mol. The predicted molar refractivity (Wildman–Crippen MR) is 94.4 cm³/mol. The van der Waals surface area contributed by atoms with E-state index in [9.17, 15) is 0 Å². The molecule has 0 aromatic rings. The maximum absolute atomic E-state index is 2.64. The van der Waals surface area contributed by atoms with Gasteiger partial charge < -0.3 is 0 Å². The van der Waals surface area contributed by atoms with E-state index < -0.39 is 8.07 Å². The van der Waals surface area contributed by atoms with Crippen LogP contribution >= 0.6 is 0 Å². The fourth-order valence-electron chi connectivity index (χ4n) is 6.86. The molecule has 4 rings (SSSR count). The molecule has 0 heterocycles. The fourth-order valence-corrected chi connectivity index (χ4v) is 15.6. The zero-order valence-electron chi connectivity index (χ0n) is 13.6. The molecule has 4 aliphatic rings. The summed E-state index contributed by atoms with van der Waals surface area (Å²) in [4.78, 5) is 0. The van der Waals surface area contributed by atoms with Crippen LogP contribution in [0.5, 0.6) is 0 Å². The van der Waals surface area contributed by atoms with Crippen LogP contribution in [0.25, 0.3) is 0 Å². The van der Waals surface area contributed by atoms with E-state index in [1.807, 2.05) is 0 Å². The van der Waals surface area contributed by atoms with Crippen molar-refractivity contribution in [1.82, 2.24) is 0 Å². The number of allylic oxidation sites excluding steroid dienone is 4. The maximum Gasteiger partial charge on any atom is 0.0740 e. The van der Waals surface area contributed by atoms with E-state index in [0.29, 0.717) is 0 Å². The summed E-state index contributed by atoms with van der Waals surface area (Å²) in [6.45, 7) is 0. The summed E-state index contributed by atoms with van der Waals surface area (Å²) >= 11 is 0. The number of rotatable bonds is 4. The Kier molecular flexibility index (Phi) is 4.13. The lowest BCUT2D eigenvalue weighted by atomic mass is 10.3. The van der Waals surface area contributed by atoms with Crippen LogP contribution < -0.4 is 0 Å². The van der Waals surface area contributed by atoms with E-state index >= 15 is 0 Å². The Morgan fingerprint density at radius 3 is 1.19 bits per heavy atom. The molecule has 1 heteroatoms. The largest absolute Gasteiger partial charge is 0.0803 e. The van der Waals surface area contributed by atoms with Gasteiger partial charge in [0.05, 0.1) is 8.07 Å². The second kappa shape index (κ2) is 6.06. The van der Waals surface area contributed by atoms with E-state index in [1.54, 1.807) is 77.0 Å². The van der Waals surface area contributed by atoms with Crippen molar-refractivity contribution in [3.05, 3.63) is 24.3 Å². The van der Waals surface area contributed by atoms with Crippen LogP contribution in [0.15, 0.2) is 24.3 Å². The Bertz CT molecular complexity index is 351. The second-order valence-corrected chi connectivity index (χ2v) is 13.4. The van der Waals surface area contributed by atoms with Gasteiger partial charge in [0.2, 0.25) is 0 Å². The van der Waals surface area contributed by atoms with Crippen LogP contribution in [0.3, 0.4) is 0 Å². The van der Waals surface area contributed by atoms with Crippen LogP contribution in [-0.4, -0.2) is 8.07 Å². The van der Waals surface area contributed by atoms with E-state index in [-0.39, 0.29) is 0 Å². The summed E-state index contributed by atoms with van der Waals surface area (Å²) in [5.41, 5.74) is 4.41. The van der Waals surface area contributed by atoms with Gasteiger partial charge in [0.15, 0.2) is 0 Å². The summed E-state index contributed by atoms with van der Waals surface area (Å²) in [5.74, 6) is 0. The lowest BCUT2D eigenvalue weighted by Gasteiger charge is -2.50. The predicted octanol–water partition coefficient (Wildman–Crippen LogP) is 6.76. The van der Waals surface area contributed by atoms with Gasteiger partial charge in [0.1, 0.15) is 0 Å². The molecule has 0 saturated heterocycles. The molecule has 0 unspecified atom stereocenters. The van der Waals surface area contributed by atoms with Crippen molar-refractivity contribution in [2.75, 3.05) is 0 Å². The first-order chi connectivity index (χ1) is 10.4. The van der Waals surface area contributed by atoms with Crippen molar-refractivity contribution in [2.45, 2.75) is 99.2 Å². The summed E-state index contributed by atoms with van der Waals surface area (Å²) < 4.78 is 0. The van der Waals surface area contributed by atoms with Crippen LogP contribution in [0, 0.1) is 0 Å². The lowest BCUT2D eigenvalue weighted by molar-refractivity contribution is 0.660. The molecule has 3 saturated carbocycles. The van der Waals surface area contributed by atoms with Crippen LogP contribution in [0.4, 0.5) is 0 Å². The van der Waals surface area contributed by atoms with Crippen LogP contribution in [-0.2, 0) is 0 Å². The third-order valence-electron chi connectivity index (χ3n) is 7.51. The summed E-state index contributed by atoms with van der Waals surface area (Å²) in [6, 6.07) is 0. The summed E-state index contributed by atoms with van der Waals surface area (Å²) in [7, 11) is -1.24. The minimum atomic E-state index is -1.24. The van der Waals surface area contributed by atoms with Crippen molar-refractivity contribution >= 4 is 8.07 Å². The highest BCUT2D eigenvalue weighted by Gasteiger charge is 2.56. The van der Waals surface area contributed by atoms with Gasteiger partial charge in [-0.1, -0.05) is 101 Å². The van der Waals surface area contributed by atoms with Crippen LogP contribution in [0.2, 0.25) is 22.2 Å². The van der Waals surface area contributed by atoms with Crippen molar-refractivity contribution in [3.8, 4) is 0 Å². The lowest BCUT2D eigenvalue weighted by Crippen LogP contribution is -2.50. The molecule has 116 valence electrons. The molecule has 3 fully saturated rings. The normalized spacial score (nSPS) is 29.3. The molecule has 0 N–H and O–H groups in total. The number of hydrogen-bond donors (Lipinski definition) is 0. The smallest absolute Gasteiger partial charge is 0.0740 e. The minimum absolute atomic E-state index is 0.909. The van der Waals surface area contributed by atoms with Gasteiger partial charge in [-0.2, -0.15) is 0 Å². The van der Waals surface area contributed by atoms with Crippen molar-refractivity contribution < 1.29 is 0 Å². The van der Waals surface area contributed by atoms with Gasteiger partial charge in [0.25, 0.3) is 0 Å². The molecule has 0 aromatic heterocycles. The SMILES string of the molecule is C1=CC([Si](C2CCCC2)(C2CCCC2)C2CCCC2)C=C1. The molecule has 0 atom stereocenters. The molecular formula is C20H32Si. The Morgan fingerprint density at radius 1 is 0.524 bits per heavy atom. The maximum atomic E-state index is 2.64. The fraction of sp³-hybridized carbons (Fsp3) is 0.800. The highest BCUT2D eigenvalue weighted by Crippen LogP contribution is 2.63. The molecule has 4 aliphatic carbocycles. The topological polar surface area (TPSA) is 0 Å². The second-order valence-electron chi connectivity index (χ2n) is 8.24. The molecule has 0 aromatic carbocycles. The molecule has 0 spiro atoms. The van der Waals surface area contributed by atoms with Gasteiger partial charge in [-0.15, -0.1) is 0 Å². The van der Waals surface area contributed by atoms with E-state index in [1.165, 1.54) is 16.6 Å². The first-order valence-electron chi connectivity index (χ1n) is 9.77. The van der Waals surface area contributed by atoms with Crippen molar-refractivity contribution in [3.63, 3.8) is 0 Å². The van der Waals surface area contributed by atoms with Crippen molar-refractivity contribution in [2.24, 2.45) is 0 Å². The summed E-state index contributed by atoms with van der Waals surface area (Å²) in [5, 5.41) is 0. The minimum Gasteiger partial charge on any atom is -0.0803 e. The average molecular weight is 301 g/mol. The van der Waals surface area contributed by atoms with Gasteiger partial charge in [-0.05, 0) is 22.2 Å². The van der Waals surface area contributed by atoms with E-state index in [2.05, 4.69) is 24.3 Å². The zero-order valence-corrected chi connectivity index (χ0v) is 14.6. The van der Waals surface area contributed by atoms with Gasteiger partial charge in [-0.25, -0.2) is 0 Å². The molecular weight excluding hydrogens is 268 g/mol. The van der Waals surface area contributed by atoms with Gasteiger partial charge in [-0.3, -0.25) is 0 Å². The molecule has 0 amide bonds. The number of hydrogen-bond acceptors (Lipinski definition) is 0. The highest BCUT2D eigenvalue weighted by molar-refractivity contribution is 6.86. The molecule has 0 bridgehead atoms. The highest BCUT2D eigenvalue weighted by atomic mass is 28.3. The van der Waals surface area contributed by atoms with Gasteiger partial charge in [0, 0.05) is 0 Å². The molecule has 21 heavy (non-hydrogen) atoms. The first kappa shape index (κ1) is 14.3. The van der Waals surface area contributed by atoms with E-state index in [4.69, 9.17) is 0 Å². The quantitative estimate of drug-likeness (QED) is 0.503. The molecule has 0 radical (unpaired) electrons. The van der Waals surface area contributed by atoms with Gasteiger partial charge >= 0.3 is 0 Å². The molecule has 0 aliphatic heterocycles.